The lowest BCUT2D eigenvalue weighted by atomic mass is 9.89. The fourth-order valence-electron chi connectivity index (χ4n) is 6.24. The molecule has 4 atom stereocenters. The van der Waals surface area contributed by atoms with Crippen molar-refractivity contribution in [3.05, 3.63) is 99.8 Å². The number of nitrogens with one attached hydrogen (secondary N) is 2. The van der Waals surface area contributed by atoms with E-state index < -0.39 is 69.5 Å². The molecule has 10 nitrogen and oxygen atoms in total. The van der Waals surface area contributed by atoms with Crippen LogP contribution in [-0.4, -0.2) is 55.0 Å². The quantitative estimate of drug-likeness (QED) is 0.254. The Morgan fingerprint density at radius 2 is 1.67 bits per heavy atom. The number of nitrogens with zero attached hydrogens (tertiary/aromatic N) is 2. The SMILES string of the molecule is CC(=O)NNC(=O)C[C@H]1O[C@H](c2cccc(Cl)c2)[C@@H](c2ccc(Cl)cc2)N([C@H](CN(c2ccccc2F)S(=O)(=O)C2CC2)C2CC2)C1=O. The van der Waals surface area contributed by atoms with Crippen molar-refractivity contribution in [3.63, 3.8) is 0 Å². The third-order valence-corrected chi connectivity index (χ3v) is 11.6. The summed E-state index contributed by atoms with van der Waals surface area (Å²) in [6.45, 7) is 1.03. The van der Waals surface area contributed by atoms with E-state index in [-0.39, 0.29) is 18.2 Å². The molecule has 0 unspecified atom stereocenters. The number of benzene rings is 3. The molecule has 6 rings (SSSR count). The summed E-state index contributed by atoms with van der Waals surface area (Å²) in [6, 6.07) is 18.1. The van der Waals surface area contributed by atoms with E-state index in [0.29, 0.717) is 46.9 Å². The number of amides is 3. The summed E-state index contributed by atoms with van der Waals surface area (Å²) < 4.78 is 50.9. The van der Waals surface area contributed by atoms with Crippen molar-refractivity contribution in [1.29, 1.82) is 0 Å². The van der Waals surface area contributed by atoms with Crippen LogP contribution in [0.3, 0.4) is 0 Å². The Kier molecular flexibility index (Phi) is 9.98. The third-order valence-electron chi connectivity index (χ3n) is 8.82. The summed E-state index contributed by atoms with van der Waals surface area (Å²) in [5.41, 5.74) is 5.71. The van der Waals surface area contributed by atoms with E-state index in [0.717, 1.165) is 4.31 Å². The van der Waals surface area contributed by atoms with E-state index in [9.17, 15) is 22.8 Å². The Morgan fingerprint density at radius 1 is 0.958 bits per heavy atom. The van der Waals surface area contributed by atoms with Crippen LogP contribution in [0.5, 0.6) is 0 Å². The summed E-state index contributed by atoms with van der Waals surface area (Å²) in [6.07, 6.45) is -0.242. The number of carbonyl (C=O) groups is 3. The van der Waals surface area contributed by atoms with Gasteiger partial charge in [0.15, 0.2) is 0 Å². The Labute approximate surface area is 288 Å². The van der Waals surface area contributed by atoms with Crippen LogP contribution < -0.4 is 15.2 Å². The van der Waals surface area contributed by atoms with Gasteiger partial charge in [-0.05, 0) is 79.1 Å². The topological polar surface area (TPSA) is 125 Å². The molecule has 2 saturated carbocycles. The highest BCUT2D eigenvalue weighted by Gasteiger charge is 2.52. The highest BCUT2D eigenvalue weighted by Crippen LogP contribution is 2.49. The molecular weight excluding hydrogens is 682 g/mol. The molecule has 1 saturated heterocycles. The summed E-state index contributed by atoms with van der Waals surface area (Å²) in [5.74, 6) is -2.51. The molecule has 3 amide bonds. The molecular formula is C34H35Cl2FN4O6S. The molecule has 3 aromatic rings. The maximum atomic E-state index is 15.4. The second-order valence-corrected chi connectivity index (χ2v) is 15.4. The minimum Gasteiger partial charge on any atom is -0.357 e. The van der Waals surface area contributed by atoms with Crippen molar-refractivity contribution in [2.75, 3.05) is 10.8 Å². The van der Waals surface area contributed by atoms with Crippen molar-refractivity contribution >= 4 is 56.6 Å². The van der Waals surface area contributed by atoms with Gasteiger partial charge in [0.05, 0.1) is 36.0 Å². The fourth-order valence-corrected chi connectivity index (χ4v) is 8.43. The standard InChI is InChI=1S/C34H35Cl2FN4O6S/c1-20(42)38-39-31(43)18-30-34(44)41(32(22-11-13-24(35)14-12-22)33(47-30)23-5-4-6-25(36)17-23)29(21-9-10-21)19-40(48(45,46)26-15-16-26)28-8-3-2-7-27(28)37/h2-8,11-14,17,21,26,29-30,32-33H,9-10,15-16,18-19H2,1H3,(H,38,42)(H,39,43)/t29-,30-,32-,33-/m1/s1. The number of morpholine rings is 1. The number of anilines is 1. The molecule has 48 heavy (non-hydrogen) atoms. The monoisotopic (exact) mass is 716 g/mol. The van der Waals surface area contributed by atoms with Crippen molar-refractivity contribution in [2.24, 2.45) is 5.92 Å². The first-order chi connectivity index (χ1) is 22.9. The van der Waals surface area contributed by atoms with Gasteiger partial charge in [-0.15, -0.1) is 0 Å². The first kappa shape index (κ1) is 34.2. The van der Waals surface area contributed by atoms with Crippen LogP contribution in [0.1, 0.15) is 62.3 Å². The summed E-state index contributed by atoms with van der Waals surface area (Å²) in [4.78, 5) is 40.7. The second-order valence-electron chi connectivity index (χ2n) is 12.4. The molecule has 2 N–H and O–H groups in total. The number of rotatable bonds is 11. The molecule has 3 fully saturated rings. The Hall–Kier alpha value is -3.71. The Bertz CT molecular complexity index is 1800. The Balaban J connectivity index is 1.48. The number of hydrogen-bond donors (Lipinski definition) is 2. The lowest BCUT2D eigenvalue weighted by Crippen LogP contribution is -2.59. The lowest BCUT2D eigenvalue weighted by Gasteiger charge is -2.49. The van der Waals surface area contributed by atoms with Gasteiger partial charge in [-0.1, -0.05) is 59.6 Å². The maximum absolute atomic E-state index is 15.4. The third kappa shape index (κ3) is 7.46. The summed E-state index contributed by atoms with van der Waals surface area (Å²) >= 11 is 12.7. The summed E-state index contributed by atoms with van der Waals surface area (Å²) in [7, 11) is -3.98. The first-order valence-electron chi connectivity index (χ1n) is 15.7. The van der Waals surface area contributed by atoms with Gasteiger partial charge >= 0.3 is 0 Å². The minimum atomic E-state index is -3.98. The zero-order chi connectivity index (χ0) is 34.2. The van der Waals surface area contributed by atoms with Gasteiger partial charge in [-0.25, -0.2) is 12.8 Å². The van der Waals surface area contributed by atoms with E-state index >= 15 is 4.39 Å². The number of hydrazine groups is 1. The lowest BCUT2D eigenvalue weighted by molar-refractivity contribution is -0.181. The zero-order valence-electron chi connectivity index (χ0n) is 26.0. The number of para-hydroxylation sites is 1. The van der Waals surface area contributed by atoms with Gasteiger partial charge < -0.3 is 9.64 Å². The van der Waals surface area contributed by atoms with E-state index in [4.69, 9.17) is 27.9 Å². The van der Waals surface area contributed by atoms with Crippen LogP contribution in [0.4, 0.5) is 10.1 Å². The van der Waals surface area contributed by atoms with Crippen molar-refractivity contribution < 1.29 is 31.9 Å². The average Bonchev–Trinajstić information content (AvgIpc) is 3.96. The van der Waals surface area contributed by atoms with Gasteiger partial charge in [0.1, 0.15) is 18.0 Å². The van der Waals surface area contributed by atoms with Gasteiger partial charge in [-0.3, -0.25) is 29.5 Å². The molecule has 1 aliphatic heterocycles. The predicted octanol–water partition coefficient (Wildman–Crippen LogP) is 5.48. The van der Waals surface area contributed by atoms with E-state index in [1.807, 2.05) is 0 Å². The molecule has 0 spiro atoms. The van der Waals surface area contributed by atoms with Gasteiger partial charge in [0, 0.05) is 17.0 Å². The van der Waals surface area contributed by atoms with Crippen LogP contribution >= 0.6 is 23.2 Å². The van der Waals surface area contributed by atoms with Gasteiger partial charge in [-0.2, -0.15) is 0 Å². The van der Waals surface area contributed by atoms with E-state index in [2.05, 4.69) is 10.9 Å². The fraction of sp³-hybridized carbons (Fsp3) is 0.382. The molecule has 2 aliphatic carbocycles. The van der Waals surface area contributed by atoms with Gasteiger partial charge in [0.2, 0.25) is 21.8 Å². The van der Waals surface area contributed by atoms with Crippen LogP contribution in [0, 0.1) is 11.7 Å². The van der Waals surface area contributed by atoms with Crippen LogP contribution in [0.2, 0.25) is 10.0 Å². The first-order valence-corrected chi connectivity index (χ1v) is 18.0. The van der Waals surface area contributed by atoms with Crippen molar-refractivity contribution in [1.82, 2.24) is 15.8 Å². The van der Waals surface area contributed by atoms with Crippen molar-refractivity contribution in [3.8, 4) is 0 Å². The molecule has 3 aliphatic rings. The second kappa shape index (κ2) is 14.0. The van der Waals surface area contributed by atoms with Gasteiger partial charge in [0.25, 0.3) is 5.91 Å². The van der Waals surface area contributed by atoms with Crippen LogP contribution in [0.25, 0.3) is 0 Å². The van der Waals surface area contributed by atoms with Crippen LogP contribution in [0.15, 0.2) is 72.8 Å². The zero-order valence-corrected chi connectivity index (χ0v) is 28.3. The molecule has 0 aromatic heterocycles. The number of sulfonamides is 1. The molecule has 254 valence electrons. The predicted molar refractivity (Wildman–Crippen MR) is 179 cm³/mol. The number of carbonyl (C=O) groups excluding carboxylic acids is 3. The molecule has 0 bridgehead atoms. The average molecular weight is 718 g/mol. The van der Waals surface area contributed by atoms with Crippen molar-refractivity contribution in [2.45, 2.75) is 68.6 Å². The molecule has 3 aromatic carbocycles. The smallest absolute Gasteiger partial charge is 0.253 e. The number of hydrogen-bond acceptors (Lipinski definition) is 6. The molecule has 14 heteroatoms. The van der Waals surface area contributed by atoms with Crippen LogP contribution in [-0.2, 0) is 29.1 Å². The van der Waals surface area contributed by atoms with E-state index in [1.165, 1.54) is 25.1 Å². The normalized spacial score (nSPS) is 21.8. The van der Waals surface area contributed by atoms with E-state index in [1.54, 1.807) is 59.5 Å². The highest BCUT2D eigenvalue weighted by molar-refractivity contribution is 7.93. The number of ether oxygens (including phenoxy) is 1. The number of halogens is 3. The summed E-state index contributed by atoms with van der Waals surface area (Å²) in [5, 5.41) is 0.253. The molecule has 1 heterocycles. The molecule has 0 radical (unpaired) electrons. The largest absolute Gasteiger partial charge is 0.357 e. The minimum absolute atomic E-state index is 0.0866. The Morgan fingerprint density at radius 3 is 2.29 bits per heavy atom. The highest BCUT2D eigenvalue weighted by atomic mass is 35.5. The maximum Gasteiger partial charge on any atom is 0.253 e.